The molecular formula is C17H21NO5S. The van der Waals surface area contributed by atoms with Gasteiger partial charge >= 0.3 is 5.97 Å². The van der Waals surface area contributed by atoms with Crippen LogP contribution < -0.4 is 0 Å². The van der Waals surface area contributed by atoms with Gasteiger partial charge in [0.15, 0.2) is 9.84 Å². The van der Waals surface area contributed by atoms with Crippen LogP contribution >= 0.6 is 0 Å². The summed E-state index contributed by atoms with van der Waals surface area (Å²) in [5, 5.41) is 9.56. The smallest absolute Gasteiger partial charge is 0.326 e. The van der Waals surface area contributed by atoms with E-state index in [2.05, 4.69) is 0 Å². The Morgan fingerprint density at radius 1 is 1.25 bits per heavy atom. The van der Waals surface area contributed by atoms with Crippen molar-refractivity contribution in [2.75, 3.05) is 12.8 Å². The maximum Gasteiger partial charge on any atom is 0.326 e. The van der Waals surface area contributed by atoms with Crippen LogP contribution in [0, 0.1) is 18.8 Å². The lowest BCUT2D eigenvalue weighted by atomic mass is 9.94. The summed E-state index contributed by atoms with van der Waals surface area (Å²) in [6, 6.07) is 3.71. The van der Waals surface area contributed by atoms with Crippen LogP contribution in [-0.4, -0.2) is 49.1 Å². The Balaban J connectivity index is 1.96. The third-order valence-corrected chi connectivity index (χ3v) is 6.48. The molecule has 130 valence electrons. The number of carbonyl (C=O) groups excluding carboxylic acids is 1. The van der Waals surface area contributed by atoms with Gasteiger partial charge in [-0.25, -0.2) is 13.2 Å². The highest BCUT2D eigenvalue weighted by atomic mass is 32.2. The average Bonchev–Trinajstić information content (AvgIpc) is 3.05. The number of sulfone groups is 1. The molecule has 7 heteroatoms. The minimum atomic E-state index is -3.44. The van der Waals surface area contributed by atoms with E-state index in [1.807, 2.05) is 0 Å². The zero-order chi connectivity index (χ0) is 17.6. The first kappa shape index (κ1) is 17.0. The number of likely N-dealkylation sites (tertiary alicyclic amines) is 1. The predicted octanol–water partition coefficient (Wildman–Crippen LogP) is 1.72. The first-order valence-corrected chi connectivity index (χ1v) is 9.94. The van der Waals surface area contributed by atoms with E-state index in [-0.39, 0.29) is 22.3 Å². The largest absolute Gasteiger partial charge is 0.480 e. The number of hydrogen-bond acceptors (Lipinski definition) is 4. The first-order chi connectivity index (χ1) is 11.2. The van der Waals surface area contributed by atoms with Gasteiger partial charge < -0.3 is 10.0 Å². The minimum absolute atomic E-state index is 0.00581. The number of hydrogen-bond donors (Lipinski definition) is 1. The SMILES string of the molecule is Cc1ccc(C(=O)N2CC3CCCC3C2C(=O)O)cc1S(C)(=O)=O. The molecule has 1 amide bonds. The summed E-state index contributed by atoms with van der Waals surface area (Å²) in [5.41, 5.74) is 0.800. The number of carboxylic acid groups (broad SMARTS) is 1. The van der Waals surface area contributed by atoms with Crippen LogP contribution in [0.1, 0.15) is 35.2 Å². The lowest BCUT2D eigenvalue weighted by molar-refractivity contribution is -0.142. The molecule has 0 radical (unpaired) electrons. The third kappa shape index (κ3) is 2.81. The summed E-state index contributed by atoms with van der Waals surface area (Å²) in [7, 11) is -3.44. The van der Waals surface area contributed by atoms with Gasteiger partial charge in [-0.2, -0.15) is 0 Å². The number of rotatable bonds is 3. The molecule has 6 nitrogen and oxygen atoms in total. The van der Waals surface area contributed by atoms with E-state index in [4.69, 9.17) is 0 Å². The number of carbonyl (C=O) groups is 2. The van der Waals surface area contributed by atoms with Crippen molar-refractivity contribution in [1.29, 1.82) is 0 Å². The molecule has 2 fully saturated rings. The quantitative estimate of drug-likeness (QED) is 0.895. The van der Waals surface area contributed by atoms with Gasteiger partial charge in [-0.05, 0) is 49.3 Å². The van der Waals surface area contributed by atoms with E-state index >= 15 is 0 Å². The van der Waals surface area contributed by atoms with Crippen molar-refractivity contribution in [3.05, 3.63) is 29.3 Å². The Morgan fingerprint density at radius 3 is 2.58 bits per heavy atom. The van der Waals surface area contributed by atoms with E-state index in [1.54, 1.807) is 19.1 Å². The van der Waals surface area contributed by atoms with Crippen LogP contribution in [0.25, 0.3) is 0 Å². The van der Waals surface area contributed by atoms with E-state index in [0.29, 0.717) is 12.1 Å². The van der Waals surface area contributed by atoms with E-state index in [1.165, 1.54) is 11.0 Å². The summed E-state index contributed by atoms with van der Waals surface area (Å²) in [6.07, 6.45) is 3.88. The van der Waals surface area contributed by atoms with Crippen molar-refractivity contribution in [3.8, 4) is 0 Å². The molecule has 1 N–H and O–H groups in total. The van der Waals surface area contributed by atoms with E-state index < -0.39 is 27.8 Å². The molecule has 0 spiro atoms. The molecule has 1 aromatic rings. The second-order valence-electron chi connectivity index (χ2n) is 6.85. The van der Waals surface area contributed by atoms with Crippen molar-refractivity contribution >= 4 is 21.7 Å². The maximum atomic E-state index is 12.9. The highest BCUT2D eigenvalue weighted by Crippen LogP contribution is 2.42. The number of aliphatic carboxylic acids is 1. The van der Waals surface area contributed by atoms with Crippen LogP contribution in [0.5, 0.6) is 0 Å². The standard InChI is InChI=1S/C17H21NO5S/c1-10-6-7-11(8-14(10)24(2,22)23)16(19)18-9-12-4-3-5-13(12)15(18)17(20)21/h6-8,12-13,15H,3-5,9H2,1-2H3,(H,20,21). The highest BCUT2D eigenvalue weighted by Gasteiger charge is 2.49. The van der Waals surface area contributed by atoms with Gasteiger partial charge in [0.25, 0.3) is 5.91 Å². The Morgan fingerprint density at radius 2 is 1.96 bits per heavy atom. The average molecular weight is 351 g/mol. The molecule has 0 aromatic heterocycles. The Hall–Kier alpha value is -1.89. The number of amides is 1. The van der Waals surface area contributed by atoms with E-state index in [0.717, 1.165) is 25.5 Å². The van der Waals surface area contributed by atoms with Crippen molar-refractivity contribution < 1.29 is 23.1 Å². The fraction of sp³-hybridized carbons (Fsp3) is 0.529. The molecule has 1 saturated carbocycles. The third-order valence-electron chi connectivity index (χ3n) is 5.24. The number of benzene rings is 1. The number of aryl methyl sites for hydroxylation is 1. The van der Waals surface area contributed by atoms with Gasteiger partial charge in [-0.1, -0.05) is 12.5 Å². The second kappa shape index (κ2) is 5.88. The lowest BCUT2D eigenvalue weighted by Crippen LogP contribution is -2.43. The van der Waals surface area contributed by atoms with Crippen LogP contribution in [-0.2, 0) is 14.6 Å². The molecule has 1 heterocycles. The highest BCUT2D eigenvalue weighted by molar-refractivity contribution is 7.90. The Kier molecular flexibility index (Phi) is 4.15. The van der Waals surface area contributed by atoms with Crippen LogP contribution in [0.4, 0.5) is 0 Å². The number of fused-ring (bicyclic) bond motifs is 1. The van der Waals surface area contributed by atoms with Crippen LogP contribution in [0.15, 0.2) is 23.1 Å². The summed E-state index contributed by atoms with van der Waals surface area (Å²) < 4.78 is 23.7. The number of nitrogens with zero attached hydrogens (tertiary/aromatic N) is 1. The van der Waals surface area contributed by atoms with Gasteiger partial charge in [0, 0.05) is 18.4 Å². The molecule has 2 aliphatic rings. The normalized spacial score (nSPS) is 26.4. The van der Waals surface area contributed by atoms with Crippen molar-refractivity contribution in [2.24, 2.45) is 11.8 Å². The molecule has 3 rings (SSSR count). The fourth-order valence-corrected chi connectivity index (χ4v) is 5.12. The zero-order valence-electron chi connectivity index (χ0n) is 13.7. The zero-order valence-corrected chi connectivity index (χ0v) is 14.5. The van der Waals surface area contributed by atoms with Crippen LogP contribution in [0.3, 0.4) is 0 Å². The van der Waals surface area contributed by atoms with E-state index in [9.17, 15) is 23.1 Å². The topological polar surface area (TPSA) is 91.8 Å². The van der Waals surface area contributed by atoms with Gasteiger partial charge in [0.1, 0.15) is 6.04 Å². The molecule has 24 heavy (non-hydrogen) atoms. The first-order valence-electron chi connectivity index (χ1n) is 8.04. The molecule has 3 atom stereocenters. The summed E-state index contributed by atoms with van der Waals surface area (Å²) in [5.74, 6) is -1.14. The fourth-order valence-electron chi connectivity index (χ4n) is 4.13. The molecule has 1 aliphatic carbocycles. The van der Waals surface area contributed by atoms with Gasteiger partial charge in [0.05, 0.1) is 4.90 Å². The predicted molar refractivity (Wildman–Crippen MR) is 87.6 cm³/mol. The van der Waals surface area contributed by atoms with Crippen molar-refractivity contribution in [2.45, 2.75) is 37.1 Å². The Bertz CT molecular complexity index is 801. The second-order valence-corrected chi connectivity index (χ2v) is 8.83. The summed E-state index contributed by atoms with van der Waals surface area (Å²) in [6.45, 7) is 2.10. The van der Waals surface area contributed by atoms with Gasteiger partial charge in [-0.3, -0.25) is 4.79 Å². The Labute approximate surface area is 141 Å². The molecule has 0 bridgehead atoms. The summed E-state index contributed by atoms with van der Waals surface area (Å²) >= 11 is 0. The van der Waals surface area contributed by atoms with Crippen molar-refractivity contribution in [3.63, 3.8) is 0 Å². The minimum Gasteiger partial charge on any atom is -0.480 e. The molecule has 1 aliphatic heterocycles. The molecule has 1 aromatic carbocycles. The number of carboxylic acids is 1. The lowest BCUT2D eigenvalue weighted by Gasteiger charge is -2.24. The maximum absolute atomic E-state index is 12.9. The summed E-state index contributed by atoms with van der Waals surface area (Å²) in [4.78, 5) is 26.1. The molecule has 3 unspecified atom stereocenters. The molecule has 1 saturated heterocycles. The van der Waals surface area contributed by atoms with Gasteiger partial charge in [0.2, 0.25) is 0 Å². The van der Waals surface area contributed by atoms with Crippen LogP contribution in [0.2, 0.25) is 0 Å². The monoisotopic (exact) mass is 351 g/mol. The molecular weight excluding hydrogens is 330 g/mol. The van der Waals surface area contributed by atoms with Gasteiger partial charge in [-0.15, -0.1) is 0 Å². The van der Waals surface area contributed by atoms with Crippen molar-refractivity contribution in [1.82, 2.24) is 4.90 Å².